The van der Waals surface area contributed by atoms with Gasteiger partial charge in [-0.2, -0.15) is 19.6 Å². The first-order valence-electron chi connectivity index (χ1n) is 16.9. The van der Waals surface area contributed by atoms with Gasteiger partial charge in [0.05, 0.1) is 24.1 Å². The maximum atomic E-state index is 16.9. The second-order valence-electron chi connectivity index (χ2n) is 13.8. The Morgan fingerprint density at radius 2 is 1.73 bits per heavy atom. The summed E-state index contributed by atoms with van der Waals surface area (Å²) in [7, 11) is -0.833. The van der Waals surface area contributed by atoms with E-state index in [2.05, 4.69) is 63.0 Å². The Labute approximate surface area is 297 Å². The van der Waals surface area contributed by atoms with Crippen LogP contribution in [-0.2, 0) is 4.74 Å². The maximum absolute atomic E-state index is 16.9. The van der Waals surface area contributed by atoms with E-state index in [4.69, 9.17) is 9.47 Å². The third-order valence-electron chi connectivity index (χ3n) is 10.1. The summed E-state index contributed by atoms with van der Waals surface area (Å²) in [5, 5.41) is 20.1. The van der Waals surface area contributed by atoms with Crippen LogP contribution < -0.4 is 9.64 Å². The van der Waals surface area contributed by atoms with Gasteiger partial charge in [-0.15, -0.1) is 5.54 Å². The van der Waals surface area contributed by atoms with Gasteiger partial charge < -0.3 is 24.4 Å². The summed E-state index contributed by atoms with van der Waals surface area (Å²) < 4.78 is 58.9. The molecule has 1 saturated heterocycles. The van der Waals surface area contributed by atoms with Crippen molar-refractivity contribution in [1.82, 2.24) is 14.9 Å². The number of anilines is 1. The molecule has 1 aliphatic rings. The maximum Gasteiger partial charge on any atom is 0.407 e. The normalized spacial score (nSPS) is 15.1. The van der Waals surface area contributed by atoms with Crippen LogP contribution in [0.2, 0.25) is 16.6 Å². The van der Waals surface area contributed by atoms with Crippen LogP contribution in [0.4, 0.5) is 23.8 Å². The molecule has 2 heterocycles. The van der Waals surface area contributed by atoms with E-state index in [0.717, 1.165) is 4.90 Å². The number of methoxy groups -OCH3 is 1. The number of aromatic nitrogens is 2. The van der Waals surface area contributed by atoms with Crippen molar-refractivity contribution in [2.45, 2.75) is 70.6 Å². The average Bonchev–Trinajstić information content (AvgIpc) is 3.07. The Bertz CT molecular complexity index is 2050. The van der Waals surface area contributed by atoms with Crippen LogP contribution in [0.5, 0.6) is 5.75 Å². The number of hydrogen-bond donors (Lipinski definition) is 1. The molecule has 3 aromatic carbocycles. The standard InChI is InChI=1S/C38H42F3N5O4Si/c1-22(2)51(23(3)4,24(5)6)17-13-29-32(39)11-8-25-18-27(50-21-49-7)19-31(33(25)29)28-9-10-30-35(34(28)40)43-37(41)44-36(30)45-15-16-46(38(47)48)26(20-45)12-14-42/h8-11,18-19,22-24,26H,12,15-16,20-21H2,1-7H3,(H,47,48)/t26-/m0/s1. The molecule has 0 radical (unpaired) electrons. The zero-order valence-corrected chi connectivity index (χ0v) is 30.9. The predicted molar refractivity (Wildman–Crippen MR) is 194 cm³/mol. The summed E-state index contributed by atoms with van der Waals surface area (Å²) in [6.45, 7) is 13.1. The third-order valence-corrected chi connectivity index (χ3v) is 16.3. The summed E-state index contributed by atoms with van der Waals surface area (Å²) in [6.07, 6.45) is -2.43. The molecule has 9 nitrogen and oxygen atoms in total. The molecule has 0 bridgehead atoms. The van der Waals surface area contributed by atoms with Crippen molar-refractivity contribution in [1.29, 1.82) is 5.26 Å². The van der Waals surface area contributed by atoms with Crippen molar-refractivity contribution in [3.8, 4) is 34.4 Å². The Morgan fingerprint density at radius 1 is 1.02 bits per heavy atom. The van der Waals surface area contributed by atoms with E-state index >= 15 is 13.2 Å². The van der Waals surface area contributed by atoms with Crippen molar-refractivity contribution in [2.75, 3.05) is 38.4 Å². The highest BCUT2D eigenvalue weighted by Gasteiger charge is 2.42. The summed E-state index contributed by atoms with van der Waals surface area (Å²) in [4.78, 5) is 22.4. The molecular formula is C38H42F3N5O4Si. The minimum Gasteiger partial charge on any atom is -0.468 e. The molecule has 13 heteroatoms. The van der Waals surface area contributed by atoms with Gasteiger partial charge in [0, 0.05) is 43.1 Å². The monoisotopic (exact) mass is 717 g/mol. The van der Waals surface area contributed by atoms with Gasteiger partial charge in [0.2, 0.25) is 0 Å². The largest absolute Gasteiger partial charge is 0.468 e. The number of halogens is 3. The molecule has 5 rings (SSSR count). The lowest BCUT2D eigenvalue weighted by Gasteiger charge is -2.39. The van der Waals surface area contributed by atoms with Crippen molar-refractivity contribution in [2.24, 2.45) is 0 Å². The number of ether oxygens (including phenoxy) is 2. The topological polar surface area (TPSA) is 112 Å². The van der Waals surface area contributed by atoms with Crippen LogP contribution in [0.15, 0.2) is 36.4 Å². The molecule has 1 fully saturated rings. The minimum atomic E-state index is -2.30. The first-order valence-corrected chi connectivity index (χ1v) is 19.2. The highest BCUT2D eigenvalue weighted by molar-refractivity contribution is 6.90. The highest BCUT2D eigenvalue weighted by atomic mass is 28.3. The first kappa shape index (κ1) is 37.4. The smallest absolute Gasteiger partial charge is 0.407 e. The van der Waals surface area contributed by atoms with Gasteiger partial charge >= 0.3 is 12.2 Å². The van der Waals surface area contributed by atoms with E-state index < -0.39 is 37.9 Å². The van der Waals surface area contributed by atoms with Crippen molar-refractivity contribution < 1.29 is 32.5 Å². The zero-order valence-electron chi connectivity index (χ0n) is 29.9. The summed E-state index contributed by atoms with van der Waals surface area (Å²) in [5.74, 6) is 2.25. The van der Waals surface area contributed by atoms with Crippen LogP contribution in [0.25, 0.3) is 32.8 Å². The lowest BCUT2D eigenvalue weighted by atomic mass is 9.93. The van der Waals surface area contributed by atoms with E-state index in [1.807, 2.05) is 6.07 Å². The van der Waals surface area contributed by atoms with E-state index in [9.17, 15) is 15.2 Å². The van der Waals surface area contributed by atoms with Crippen molar-refractivity contribution in [3.63, 3.8) is 0 Å². The Morgan fingerprint density at radius 3 is 2.35 bits per heavy atom. The molecule has 0 saturated carbocycles. The van der Waals surface area contributed by atoms with Crippen LogP contribution >= 0.6 is 0 Å². The van der Waals surface area contributed by atoms with Crippen molar-refractivity contribution in [3.05, 3.63) is 59.7 Å². The molecule has 0 aliphatic carbocycles. The number of benzene rings is 3. The van der Waals surface area contributed by atoms with Gasteiger partial charge in [-0.25, -0.2) is 13.6 Å². The number of amides is 1. The Hall–Kier alpha value is -4.85. The van der Waals surface area contributed by atoms with Gasteiger partial charge in [0.1, 0.15) is 31.0 Å². The zero-order chi connectivity index (χ0) is 37.2. The SMILES string of the molecule is COCOc1cc(-c2ccc3c(N4CCN(C(=O)O)[C@@H](CC#N)C4)nc(F)nc3c2F)c2c(C#C[Si](C(C)C)(C(C)C)C(C)C)c(F)ccc2c1. The highest BCUT2D eigenvalue weighted by Crippen LogP contribution is 2.43. The molecule has 1 amide bonds. The first-order chi connectivity index (χ1) is 24.2. The fourth-order valence-electron chi connectivity index (χ4n) is 7.71. The second kappa shape index (κ2) is 15.2. The lowest BCUT2D eigenvalue weighted by Crippen LogP contribution is -2.55. The number of carboxylic acid groups (broad SMARTS) is 1. The van der Waals surface area contributed by atoms with Crippen LogP contribution in [0.3, 0.4) is 0 Å². The number of nitrogens with zero attached hydrogens (tertiary/aromatic N) is 5. The van der Waals surface area contributed by atoms with E-state index in [-0.39, 0.29) is 66.3 Å². The van der Waals surface area contributed by atoms with E-state index in [1.165, 1.54) is 19.2 Å². The molecule has 4 aromatic rings. The number of hydrogen-bond acceptors (Lipinski definition) is 7. The van der Waals surface area contributed by atoms with Gasteiger partial charge in [-0.05, 0) is 51.8 Å². The van der Waals surface area contributed by atoms with Gasteiger partial charge in [-0.1, -0.05) is 59.6 Å². The molecule has 51 heavy (non-hydrogen) atoms. The number of fused-ring (bicyclic) bond motifs is 2. The number of piperazine rings is 1. The van der Waals surface area contributed by atoms with Crippen LogP contribution in [0.1, 0.15) is 53.5 Å². The predicted octanol–water partition coefficient (Wildman–Crippen LogP) is 8.50. The van der Waals surface area contributed by atoms with Crippen LogP contribution in [-0.4, -0.2) is 73.7 Å². The summed E-state index contributed by atoms with van der Waals surface area (Å²) >= 11 is 0. The number of nitriles is 1. The second-order valence-corrected chi connectivity index (χ2v) is 19.3. The van der Waals surface area contributed by atoms with Gasteiger partial charge in [0.15, 0.2) is 12.6 Å². The summed E-state index contributed by atoms with van der Waals surface area (Å²) in [5.41, 5.74) is 4.59. The van der Waals surface area contributed by atoms with Gasteiger partial charge in [-0.3, -0.25) is 0 Å². The molecule has 1 aromatic heterocycles. The Balaban J connectivity index is 1.75. The molecule has 1 atom stereocenters. The quantitative estimate of drug-likeness (QED) is 0.0794. The Kier molecular flexibility index (Phi) is 11.1. The minimum absolute atomic E-state index is 0.0196. The molecule has 0 spiro atoms. The van der Waals surface area contributed by atoms with E-state index in [0.29, 0.717) is 33.1 Å². The van der Waals surface area contributed by atoms with Crippen molar-refractivity contribution >= 4 is 41.7 Å². The van der Waals surface area contributed by atoms with Gasteiger partial charge in [0.25, 0.3) is 0 Å². The molecular weight excluding hydrogens is 676 g/mol. The van der Waals surface area contributed by atoms with E-state index in [1.54, 1.807) is 29.2 Å². The third kappa shape index (κ3) is 7.06. The molecule has 1 aliphatic heterocycles. The summed E-state index contributed by atoms with van der Waals surface area (Å²) in [6, 6.07) is 10.6. The molecule has 0 unspecified atom stereocenters. The fraction of sp³-hybridized carbons (Fsp3) is 0.421. The average molecular weight is 718 g/mol. The van der Waals surface area contributed by atoms with Crippen LogP contribution in [0, 0.1) is 40.5 Å². The fourth-order valence-corrected chi connectivity index (χ4v) is 12.9. The number of carbonyl (C=O) groups is 1. The number of rotatable bonds is 9. The molecule has 268 valence electrons. The lowest BCUT2D eigenvalue weighted by molar-refractivity contribution is 0.0512. The molecule has 1 N–H and O–H groups in total.